The average molecular weight is 427 g/mol. The summed E-state index contributed by atoms with van der Waals surface area (Å²) >= 11 is 0. The Morgan fingerprint density at radius 1 is 1.20 bits per heavy atom. The summed E-state index contributed by atoms with van der Waals surface area (Å²) < 4.78 is 45.9. The number of alkyl halides is 3. The molecular weight excluding hydrogens is 403 g/mol. The summed E-state index contributed by atoms with van der Waals surface area (Å²) in [6.07, 6.45) is -5.08. The van der Waals surface area contributed by atoms with E-state index in [0.717, 1.165) is 11.4 Å². The Morgan fingerprint density at radius 3 is 2.53 bits per heavy atom. The standard InChI is InChI=1S/C19H24F3N5O3/c1-4-30-18(29)17-14-10-25(16(28)11-27-13(3)9-12(2)23-27)7-5-15(14)26(24-17)8-6-19(20,21)22/h9H,4-8,10-11H2,1-3H3. The van der Waals surface area contributed by atoms with Crippen molar-refractivity contribution in [2.75, 3.05) is 13.2 Å². The molecule has 0 radical (unpaired) electrons. The molecular formula is C19H24F3N5O3. The average Bonchev–Trinajstić information content (AvgIpc) is 3.18. The molecule has 8 nitrogen and oxygen atoms in total. The van der Waals surface area contributed by atoms with Crippen LogP contribution in [0.15, 0.2) is 6.07 Å². The van der Waals surface area contributed by atoms with Crippen LogP contribution in [-0.2, 0) is 35.6 Å². The van der Waals surface area contributed by atoms with Crippen LogP contribution in [0.3, 0.4) is 0 Å². The molecule has 2 aromatic heterocycles. The van der Waals surface area contributed by atoms with Gasteiger partial charge in [-0.15, -0.1) is 0 Å². The van der Waals surface area contributed by atoms with E-state index < -0.39 is 18.6 Å². The van der Waals surface area contributed by atoms with Crippen LogP contribution >= 0.6 is 0 Å². The molecule has 1 amide bonds. The number of hydrogen-bond donors (Lipinski definition) is 0. The zero-order valence-corrected chi connectivity index (χ0v) is 17.1. The number of rotatable bonds is 6. The number of aryl methyl sites for hydroxylation is 3. The second-order valence-electron chi connectivity index (χ2n) is 7.23. The normalized spacial score (nSPS) is 14.0. The van der Waals surface area contributed by atoms with Crippen LogP contribution in [0.4, 0.5) is 13.2 Å². The highest BCUT2D eigenvalue weighted by atomic mass is 19.4. The van der Waals surface area contributed by atoms with Crippen LogP contribution in [0.25, 0.3) is 0 Å². The van der Waals surface area contributed by atoms with Gasteiger partial charge in [0.2, 0.25) is 5.91 Å². The summed E-state index contributed by atoms with van der Waals surface area (Å²) in [6.45, 7) is 5.52. The predicted octanol–water partition coefficient (Wildman–Crippen LogP) is 2.41. The molecule has 0 spiro atoms. The maximum absolute atomic E-state index is 12.8. The number of esters is 1. The fourth-order valence-corrected chi connectivity index (χ4v) is 3.55. The van der Waals surface area contributed by atoms with E-state index >= 15 is 0 Å². The highest BCUT2D eigenvalue weighted by Crippen LogP contribution is 2.26. The summed E-state index contributed by atoms with van der Waals surface area (Å²) in [7, 11) is 0. The SMILES string of the molecule is CCOC(=O)c1nn(CCC(F)(F)F)c2c1CN(C(=O)Cn1nc(C)cc1C)CC2. The summed E-state index contributed by atoms with van der Waals surface area (Å²) in [6, 6.07) is 1.87. The number of carbonyl (C=O) groups excluding carboxylic acids is 2. The van der Waals surface area contributed by atoms with Crippen molar-refractivity contribution in [2.24, 2.45) is 0 Å². The number of hydrogen-bond acceptors (Lipinski definition) is 5. The van der Waals surface area contributed by atoms with Gasteiger partial charge in [-0.3, -0.25) is 14.2 Å². The molecule has 0 saturated heterocycles. The third-order valence-corrected chi connectivity index (χ3v) is 4.95. The fraction of sp³-hybridized carbons (Fsp3) is 0.579. The van der Waals surface area contributed by atoms with E-state index in [-0.39, 0.29) is 37.8 Å². The maximum atomic E-state index is 12.8. The van der Waals surface area contributed by atoms with Crippen molar-refractivity contribution in [3.05, 3.63) is 34.4 Å². The van der Waals surface area contributed by atoms with E-state index in [1.54, 1.807) is 16.5 Å². The first-order valence-electron chi connectivity index (χ1n) is 9.70. The van der Waals surface area contributed by atoms with Gasteiger partial charge in [0.1, 0.15) is 6.54 Å². The van der Waals surface area contributed by atoms with Crippen LogP contribution in [0.1, 0.15) is 46.5 Å². The van der Waals surface area contributed by atoms with Gasteiger partial charge >= 0.3 is 12.1 Å². The van der Waals surface area contributed by atoms with Crippen LogP contribution in [-0.4, -0.2) is 55.7 Å². The van der Waals surface area contributed by atoms with Crippen LogP contribution < -0.4 is 0 Å². The van der Waals surface area contributed by atoms with Crippen molar-refractivity contribution < 1.29 is 27.5 Å². The van der Waals surface area contributed by atoms with Crippen LogP contribution in [0.5, 0.6) is 0 Å². The molecule has 1 aliphatic heterocycles. The molecule has 3 rings (SSSR count). The van der Waals surface area contributed by atoms with Gasteiger partial charge in [0.05, 0.1) is 18.7 Å². The predicted molar refractivity (Wildman–Crippen MR) is 99.7 cm³/mol. The van der Waals surface area contributed by atoms with Gasteiger partial charge in [-0.05, 0) is 26.8 Å². The van der Waals surface area contributed by atoms with Gasteiger partial charge < -0.3 is 9.64 Å². The Morgan fingerprint density at radius 2 is 1.93 bits per heavy atom. The Balaban J connectivity index is 1.82. The van der Waals surface area contributed by atoms with Crippen molar-refractivity contribution in [1.82, 2.24) is 24.5 Å². The highest BCUT2D eigenvalue weighted by Gasteiger charge is 2.33. The van der Waals surface area contributed by atoms with E-state index in [2.05, 4.69) is 10.2 Å². The van der Waals surface area contributed by atoms with Crippen molar-refractivity contribution in [3.63, 3.8) is 0 Å². The van der Waals surface area contributed by atoms with Crippen LogP contribution in [0, 0.1) is 13.8 Å². The topological polar surface area (TPSA) is 82.3 Å². The zero-order valence-electron chi connectivity index (χ0n) is 17.1. The quantitative estimate of drug-likeness (QED) is 0.662. The van der Waals surface area contributed by atoms with E-state index in [1.165, 1.54) is 4.68 Å². The minimum absolute atomic E-state index is 0.0300. The lowest BCUT2D eigenvalue weighted by atomic mass is 10.0. The Hall–Kier alpha value is -2.85. The number of fused-ring (bicyclic) bond motifs is 1. The van der Waals surface area contributed by atoms with Crippen molar-refractivity contribution in [2.45, 2.75) is 59.4 Å². The van der Waals surface area contributed by atoms with Gasteiger partial charge in [-0.25, -0.2) is 4.79 Å². The van der Waals surface area contributed by atoms with Crippen molar-refractivity contribution >= 4 is 11.9 Å². The molecule has 0 atom stereocenters. The lowest BCUT2D eigenvalue weighted by Gasteiger charge is -2.28. The number of amides is 1. The fourth-order valence-electron chi connectivity index (χ4n) is 3.55. The third-order valence-electron chi connectivity index (χ3n) is 4.95. The molecule has 30 heavy (non-hydrogen) atoms. The van der Waals surface area contributed by atoms with E-state index in [0.29, 0.717) is 24.2 Å². The molecule has 0 bridgehead atoms. The lowest BCUT2D eigenvalue weighted by molar-refractivity contribution is -0.137. The zero-order chi connectivity index (χ0) is 22.1. The number of carbonyl (C=O) groups is 2. The molecule has 1 aliphatic rings. The largest absolute Gasteiger partial charge is 0.461 e. The van der Waals surface area contributed by atoms with Gasteiger partial charge in [0.25, 0.3) is 0 Å². The summed E-state index contributed by atoms with van der Waals surface area (Å²) in [5.74, 6) is -0.892. The van der Waals surface area contributed by atoms with Gasteiger partial charge in [-0.1, -0.05) is 0 Å². The van der Waals surface area contributed by atoms with Crippen molar-refractivity contribution in [1.29, 1.82) is 0 Å². The Bertz CT molecular complexity index is 948. The lowest BCUT2D eigenvalue weighted by Crippen LogP contribution is -2.39. The molecule has 3 heterocycles. The highest BCUT2D eigenvalue weighted by molar-refractivity contribution is 5.89. The van der Waals surface area contributed by atoms with E-state index in [4.69, 9.17) is 4.74 Å². The number of ether oxygens (including phenoxy) is 1. The molecule has 2 aromatic rings. The Kier molecular flexibility index (Phi) is 6.18. The first-order chi connectivity index (χ1) is 14.1. The molecule has 0 fully saturated rings. The van der Waals surface area contributed by atoms with E-state index in [9.17, 15) is 22.8 Å². The number of aromatic nitrogens is 4. The summed E-state index contributed by atoms with van der Waals surface area (Å²) in [4.78, 5) is 26.7. The molecule has 0 saturated carbocycles. The summed E-state index contributed by atoms with van der Waals surface area (Å²) in [5, 5.41) is 8.38. The second-order valence-corrected chi connectivity index (χ2v) is 7.23. The minimum Gasteiger partial charge on any atom is -0.461 e. The number of nitrogens with zero attached hydrogens (tertiary/aromatic N) is 5. The Labute approximate surface area is 171 Å². The maximum Gasteiger partial charge on any atom is 0.390 e. The third kappa shape index (κ3) is 4.82. The number of halogens is 3. The smallest absolute Gasteiger partial charge is 0.390 e. The monoisotopic (exact) mass is 427 g/mol. The van der Waals surface area contributed by atoms with E-state index in [1.807, 2.05) is 19.9 Å². The van der Waals surface area contributed by atoms with Gasteiger partial charge in [0, 0.05) is 43.0 Å². The molecule has 0 aliphatic carbocycles. The minimum atomic E-state index is -4.33. The molecule has 11 heteroatoms. The van der Waals surface area contributed by atoms with Crippen molar-refractivity contribution in [3.8, 4) is 0 Å². The summed E-state index contributed by atoms with van der Waals surface area (Å²) in [5.41, 5.74) is 2.61. The molecule has 164 valence electrons. The first-order valence-corrected chi connectivity index (χ1v) is 9.70. The molecule has 0 unspecified atom stereocenters. The van der Waals surface area contributed by atoms with Gasteiger partial charge in [0.15, 0.2) is 5.69 Å². The van der Waals surface area contributed by atoms with Crippen LogP contribution in [0.2, 0.25) is 0 Å². The molecule has 0 N–H and O–H groups in total. The second kappa shape index (κ2) is 8.49. The molecule has 0 aromatic carbocycles. The van der Waals surface area contributed by atoms with Gasteiger partial charge in [-0.2, -0.15) is 23.4 Å². The first kappa shape index (κ1) is 21.8.